The molecule has 1 N–H and O–H groups in total. The smallest absolute Gasteiger partial charge is 0.319 e. The molecule has 1 aromatic rings. The van der Waals surface area contributed by atoms with Crippen molar-refractivity contribution < 1.29 is 14.1 Å². The van der Waals surface area contributed by atoms with Gasteiger partial charge in [0.15, 0.2) is 0 Å². The number of aliphatic carboxylic acids is 1. The third-order valence-electron chi connectivity index (χ3n) is 3.21. The standard InChI is InChI=1S/C13H16O3S/c1-2-12(13(14)15)17(16)11-7-6-9-4-3-5-10(9)8-11/h6-8,12H,2-5H2,1H3,(H,14,15). The number of hydrogen-bond acceptors (Lipinski definition) is 2. The van der Waals surface area contributed by atoms with E-state index < -0.39 is 22.0 Å². The molecule has 0 spiro atoms. The number of rotatable bonds is 4. The Morgan fingerprint density at radius 3 is 2.76 bits per heavy atom. The van der Waals surface area contributed by atoms with Crippen molar-refractivity contribution in [2.75, 3.05) is 0 Å². The molecule has 0 fully saturated rings. The third-order valence-corrected chi connectivity index (χ3v) is 4.98. The molecule has 0 aliphatic heterocycles. The Hall–Kier alpha value is -1.16. The lowest BCUT2D eigenvalue weighted by Gasteiger charge is -2.10. The molecule has 1 aliphatic carbocycles. The number of aryl methyl sites for hydroxylation is 2. The summed E-state index contributed by atoms with van der Waals surface area (Å²) in [5.41, 5.74) is 2.55. The zero-order chi connectivity index (χ0) is 12.4. The van der Waals surface area contributed by atoms with Gasteiger partial charge in [0.25, 0.3) is 0 Å². The van der Waals surface area contributed by atoms with Gasteiger partial charge in [-0.3, -0.25) is 9.00 Å². The summed E-state index contributed by atoms with van der Waals surface area (Å²) in [5, 5.41) is 8.21. The zero-order valence-electron chi connectivity index (χ0n) is 9.81. The van der Waals surface area contributed by atoms with E-state index in [0.29, 0.717) is 11.3 Å². The predicted octanol–water partition coefficient (Wildman–Crippen LogP) is 2.15. The van der Waals surface area contributed by atoms with Gasteiger partial charge < -0.3 is 5.11 Å². The zero-order valence-corrected chi connectivity index (χ0v) is 10.6. The SMILES string of the molecule is CCC(C(=O)O)S(=O)c1ccc2c(c1)CCC2. The molecule has 0 saturated heterocycles. The van der Waals surface area contributed by atoms with E-state index in [9.17, 15) is 9.00 Å². The van der Waals surface area contributed by atoms with E-state index in [0.717, 1.165) is 19.3 Å². The Balaban J connectivity index is 2.28. The van der Waals surface area contributed by atoms with Crippen molar-refractivity contribution >= 4 is 16.8 Å². The van der Waals surface area contributed by atoms with Gasteiger partial charge in [-0.1, -0.05) is 13.0 Å². The molecular formula is C13H16O3S. The van der Waals surface area contributed by atoms with Crippen LogP contribution in [-0.2, 0) is 28.4 Å². The molecule has 0 bridgehead atoms. The summed E-state index contributed by atoms with van der Waals surface area (Å²) >= 11 is 0. The number of hydrogen-bond donors (Lipinski definition) is 1. The van der Waals surface area contributed by atoms with Crippen LogP contribution in [0.4, 0.5) is 0 Å². The Labute approximate surface area is 103 Å². The van der Waals surface area contributed by atoms with E-state index in [1.54, 1.807) is 6.92 Å². The van der Waals surface area contributed by atoms with Crippen molar-refractivity contribution in [1.82, 2.24) is 0 Å². The minimum Gasteiger partial charge on any atom is -0.480 e. The Kier molecular flexibility index (Phi) is 3.62. The highest BCUT2D eigenvalue weighted by Crippen LogP contribution is 2.25. The maximum Gasteiger partial charge on any atom is 0.319 e. The fraction of sp³-hybridized carbons (Fsp3) is 0.462. The fourth-order valence-electron chi connectivity index (χ4n) is 2.26. The first-order chi connectivity index (χ1) is 8.13. The van der Waals surface area contributed by atoms with Crippen LogP contribution in [0.15, 0.2) is 23.1 Å². The quantitative estimate of drug-likeness (QED) is 0.893. The minimum absolute atomic E-state index is 0.388. The van der Waals surface area contributed by atoms with Crippen LogP contribution >= 0.6 is 0 Å². The Morgan fingerprint density at radius 1 is 1.41 bits per heavy atom. The van der Waals surface area contributed by atoms with Crippen LogP contribution < -0.4 is 0 Å². The fourth-order valence-corrected chi connectivity index (χ4v) is 3.53. The number of carboxylic acid groups (broad SMARTS) is 1. The van der Waals surface area contributed by atoms with E-state index in [1.807, 2.05) is 18.2 Å². The maximum absolute atomic E-state index is 12.1. The van der Waals surface area contributed by atoms with Gasteiger partial charge in [-0.25, -0.2) is 0 Å². The molecule has 0 heterocycles. The molecule has 2 atom stereocenters. The highest BCUT2D eigenvalue weighted by molar-refractivity contribution is 7.86. The molecule has 2 unspecified atom stereocenters. The van der Waals surface area contributed by atoms with E-state index in [2.05, 4.69) is 0 Å². The van der Waals surface area contributed by atoms with E-state index in [-0.39, 0.29) is 0 Å². The van der Waals surface area contributed by atoms with Crippen LogP contribution in [0.1, 0.15) is 30.9 Å². The number of fused-ring (bicyclic) bond motifs is 1. The van der Waals surface area contributed by atoms with Gasteiger partial charge in [0.2, 0.25) is 0 Å². The van der Waals surface area contributed by atoms with Gasteiger partial charge >= 0.3 is 5.97 Å². The predicted molar refractivity (Wildman–Crippen MR) is 66.6 cm³/mol. The molecule has 1 aliphatic rings. The minimum atomic E-state index is -1.44. The molecule has 92 valence electrons. The van der Waals surface area contributed by atoms with Gasteiger partial charge in [-0.2, -0.15) is 0 Å². The second-order valence-corrected chi connectivity index (χ2v) is 5.95. The van der Waals surface area contributed by atoms with Gasteiger partial charge in [0.05, 0.1) is 10.8 Å². The normalized spacial score (nSPS) is 17.5. The number of benzene rings is 1. The monoisotopic (exact) mass is 252 g/mol. The van der Waals surface area contributed by atoms with Gasteiger partial charge in [0.1, 0.15) is 5.25 Å². The molecule has 0 radical (unpaired) electrons. The van der Waals surface area contributed by atoms with Crippen molar-refractivity contribution in [3.05, 3.63) is 29.3 Å². The van der Waals surface area contributed by atoms with Crippen LogP contribution in [-0.4, -0.2) is 20.5 Å². The molecule has 0 saturated carbocycles. The summed E-state index contributed by atoms with van der Waals surface area (Å²) in [4.78, 5) is 11.6. The third kappa shape index (κ3) is 2.41. The lowest BCUT2D eigenvalue weighted by molar-refractivity contribution is -0.136. The average molecular weight is 252 g/mol. The lowest BCUT2D eigenvalue weighted by atomic mass is 10.1. The topological polar surface area (TPSA) is 54.4 Å². The second kappa shape index (κ2) is 5.00. The molecular weight excluding hydrogens is 236 g/mol. The van der Waals surface area contributed by atoms with E-state index >= 15 is 0 Å². The van der Waals surface area contributed by atoms with Crippen LogP contribution in [0.2, 0.25) is 0 Å². The lowest BCUT2D eigenvalue weighted by Crippen LogP contribution is -2.24. The summed E-state index contributed by atoms with van der Waals surface area (Å²) in [7, 11) is -1.44. The van der Waals surface area contributed by atoms with Crippen LogP contribution in [0.3, 0.4) is 0 Å². The summed E-state index contributed by atoms with van der Waals surface area (Å²) < 4.78 is 12.1. The first-order valence-electron chi connectivity index (χ1n) is 5.88. The second-order valence-electron chi connectivity index (χ2n) is 4.32. The number of carboxylic acids is 1. The van der Waals surface area contributed by atoms with Gasteiger partial charge in [-0.05, 0) is 48.9 Å². The molecule has 3 nitrogen and oxygen atoms in total. The van der Waals surface area contributed by atoms with Crippen molar-refractivity contribution in [1.29, 1.82) is 0 Å². The van der Waals surface area contributed by atoms with Crippen molar-refractivity contribution in [2.24, 2.45) is 0 Å². The first-order valence-corrected chi connectivity index (χ1v) is 7.10. The van der Waals surface area contributed by atoms with E-state index in [1.165, 1.54) is 11.1 Å². The molecule has 1 aromatic carbocycles. The first kappa shape index (κ1) is 12.3. The summed E-state index contributed by atoms with van der Waals surface area (Å²) in [5.74, 6) is -0.980. The Bertz CT molecular complexity index is 468. The summed E-state index contributed by atoms with van der Waals surface area (Å²) in [6.07, 6.45) is 3.63. The van der Waals surface area contributed by atoms with Crippen LogP contribution in [0.5, 0.6) is 0 Å². The van der Waals surface area contributed by atoms with E-state index in [4.69, 9.17) is 5.11 Å². The molecule has 4 heteroatoms. The molecule has 17 heavy (non-hydrogen) atoms. The van der Waals surface area contributed by atoms with Crippen LogP contribution in [0.25, 0.3) is 0 Å². The maximum atomic E-state index is 12.1. The molecule has 0 amide bonds. The van der Waals surface area contributed by atoms with Crippen molar-refractivity contribution in [2.45, 2.75) is 42.8 Å². The highest BCUT2D eigenvalue weighted by Gasteiger charge is 2.24. The Morgan fingerprint density at radius 2 is 2.12 bits per heavy atom. The molecule has 2 rings (SSSR count). The van der Waals surface area contributed by atoms with Gasteiger partial charge in [0, 0.05) is 4.90 Å². The summed E-state index contributed by atoms with van der Waals surface area (Å²) in [6.45, 7) is 1.75. The number of carbonyl (C=O) groups is 1. The van der Waals surface area contributed by atoms with Gasteiger partial charge in [-0.15, -0.1) is 0 Å². The van der Waals surface area contributed by atoms with Crippen LogP contribution in [0, 0.1) is 0 Å². The summed E-state index contributed by atoms with van der Waals surface area (Å²) in [6, 6.07) is 5.72. The van der Waals surface area contributed by atoms with Crippen molar-refractivity contribution in [3.8, 4) is 0 Å². The molecule has 0 aromatic heterocycles. The largest absolute Gasteiger partial charge is 0.480 e. The van der Waals surface area contributed by atoms with Crippen molar-refractivity contribution in [3.63, 3.8) is 0 Å². The average Bonchev–Trinajstić information content (AvgIpc) is 2.75. The highest BCUT2D eigenvalue weighted by atomic mass is 32.2.